The molecule has 138 valence electrons. The highest BCUT2D eigenvalue weighted by Gasteiger charge is 2.16. The monoisotopic (exact) mass is 333 g/mol. The van der Waals surface area contributed by atoms with Crippen molar-refractivity contribution < 1.29 is 4.79 Å². The standard InChI is InChI=1S/C22H39NO/c1-2-3-4-5-6-7-8-9-10-11-12-13-14-15-16-19-22(24)23-20-17-18-21-23/h9-10,12-13H,2-8,11,14-21H2,1H3/b10-9+,13-12+. The van der Waals surface area contributed by atoms with E-state index in [9.17, 15) is 4.79 Å². The van der Waals surface area contributed by atoms with Crippen LogP contribution in [0.5, 0.6) is 0 Å². The largest absolute Gasteiger partial charge is 0.343 e. The van der Waals surface area contributed by atoms with Gasteiger partial charge in [-0.3, -0.25) is 4.79 Å². The van der Waals surface area contributed by atoms with Crippen LogP contribution < -0.4 is 0 Å². The summed E-state index contributed by atoms with van der Waals surface area (Å²) < 4.78 is 0. The average molecular weight is 334 g/mol. The van der Waals surface area contributed by atoms with E-state index in [1.807, 2.05) is 4.90 Å². The molecule has 0 saturated carbocycles. The molecule has 1 heterocycles. The molecule has 1 aliphatic rings. The summed E-state index contributed by atoms with van der Waals surface area (Å²) in [5.74, 6) is 0.370. The quantitative estimate of drug-likeness (QED) is 0.265. The second kappa shape index (κ2) is 15.5. The van der Waals surface area contributed by atoms with Gasteiger partial charge < -0.3 is 4.90 Å². The molecule has 24 heavy (non-hydrogen) atoms. The van der Waals surface area contributed by atoms with Gasteiger partial charge in [0.05, 0.1) is 0 Å². The summed E-state index contributed by atoms with van der Waals surface area (Å²) >= 11 is 0. The molecule has 2 heteroatoms. The van der Waals surface area contributed by atoms with Crippen LogP contribution in [0.25, 0.3) is 0 Å². The summed E-state index contributed by atoms with van der Waals surface area (Å²) in [7, 11) is 0. The normalized spacial score (nSPS) is 15.1. The Bertz CT molecular complexity index is 353. The molecule has 1 fully saturated rings. The fourth-order valence-electron chi connectivity index (χ4n) is 3.21. The average Bonchev–Trinajstić information content (AvgIpc) is 3.13. The Balaban J connectivity index is 1.84. The zero-order valence-corrected chi connectivity index (χ0v) is 16.0. The van der Waals surface area contributed by atoms with Gasteiger partial charge in [0.2, 0.25) is 5.91 Å². The summed E-state index contributed by atoms with van der Waals surface area (Å²) in [5.41, 5.74) is 0. The lowest BCUT2D eigenvalue weighted by Gasteiger charge is -2.14. The highest BCUT2D eigenvalue weighted by atomic mass is 16.2. The molecule has 0 aromatic rings. The third-order valence-corrected chi connectivity index (χ3v) is 4.80. The van der Waals surface area contributed by atoms with Gasteiger partial charge in [-0.2, -0.15) is 0 Å². The third-order valence-electron chi connectivity index (χ3n) is 4.80. The number of carbonyl (C=O) groups is 1. The Morgan fingerprint density at radius 2 is 1.38 bits per heavy atom. The van der Waals surface area contributed by atoms with Crippen LogP contribution in [0, 0.1) is 0 Å². The number of allylic oxidation sites excluding steroid dienone is 4. The molecule has 1 aliphatic heterocycles. The van der Waals surface area contributed by atoms with Crippen molar-refractivity contribution in [2.75, 3.05) is 13.1 Å². The predicted octanol–water partition coefficient (Wildman–Crippen LogP) is 6.42. The highest BCUT2D eigenvalue weighted by molar-refractivity contribution is 5.76. The Morgan fingerprint density at radius 1 is 0.792 bits per heavy atom. The van der Waals surface area contributed by atoms with Crippen LogP contribution in [-0.4, -0.2) is 23.9 Å². The molecule has 0 aliphatic carbocycles. The SMILES string of the molecule is CCCCCCCC/C=C/C/C=C/CCCCC(=O)N1CCCC1. The molecule has 0 spiro atoms. The van der Waals surface area contributed by atoms with Crippen molar-refractivity contribution in [3.8, 4) is 0 Å². The minimum atomic E-state index is 0.370. The van der Waals surface area contributed by atoms with Crippen molar-refractivity contribution in [2.45, 2.75) is 96.8 Å². The van der Waals surface area contributed by atoms with Gasteiger partial charge in [-0.15, -0.1) is 0 Å². The van der Waals surface area contributed by atoms with E-state index in [-0.39, 0.29) is 0 Å². The molecule has 1 rings (SSSR count). The zero-order chi connectivity index (χ0) is 17.3. The van der Waals surface area contributed by atoms with Crippen molar-refractivity contribution in [3.63, 3.8) is 0 Å². The molecular formula is C22H39NO. The van der Waals surface area contributed by atoms with Gasteiger partial charge >= 0.3 is 0 Å². The number of hydrogen-bond acceptors (Lipinski definition) is 1. The van der Waals surface area contributed by atoms with E-state index in [1.165, 1.54) is 57.8 Å². The summed E-state index contributed by atoms with van der Waals surface area (Å²) in [4.78, 5) is 13.9. The third kappa shape index (κ3) is 11.5. The van der Waals surface area contributed by atoms with Crippen LogP contribution >= 0.6 is 0 Å². The maximum Gasteiger partial charge on any atom is 0.222 e. The second-order valence-corrected chi connectivity index (χ2v) is 7.07. The van der Waals surface area contributed by atoms with Crippen LogP contribution in [0.15, 0.2) is 24.3 Å². The van der Waals surface area contributed by atoms with Gasteiger partial charge in [-0.25, -0.2) is 0 Å². The number of likely N-dealkylation sites (tertiary alicyclic amines) is 1. The predicted molar refractivity (Wildman–Crippen MR) is 105 cm³/mol. The second-order valence-electron chi connectivity index (χ2n) is 7.07. The number of carbonyl (C=O) groups excluding carboxylic acids is 1. The molecule has 1 saturated heterocycles. The molecule has 0 unspecified atom stereocenters. The van der Waals surface area contributed by atoms with Gasteiger partial charge in [-0.1, -0.05) is 63.3 Å². The van der Waals surface area contributed by atoms with Gasteiger partial charge in [0.1, 0.15) is 0 Å². The van der Waals surface area contributed by atoms with E-state index in [0.29, 0.717) is 5.91 Å². The Morgan fingerprint density at radius 3 is 2.04 bits per heavy atom. The molecule has 1 amide bonds. The Hall–Kier alpha value is -1.05. The zero-order valence-electron chi connectivity index (χ0n) is 16.0. The first-order chi connectivity index (χ1) is 11.8. The van der Waals surface area contributed by atoms with Crippen LogP contribution in [0.1, 0.15) is 96.8 Å². The van der Waals surface area contributed by atoms with E-state index >= 15 is 0 Å². The van der Waals surface area contributed by atoms with Gasteiger partial charge in [-0.05, 0) is 51.4 Å². The molecule has 0 bridgehead atoms. The number of amides is 1. The molecule has 0 aromatic heterocycles. The van der Waals surface area contributed by atoms with Gasteiger partial charge in [0.15, 0.2) is 0 Å². The number of unbranched alkanes of at least 4 members (excludes halogenated alkanes) is 8. The first-order valence-corrected chi connectivity index (χ1v) is 10.4. The minimum absolute atomic E-state index is 0.370. The summed E-state index contributed by atoms with van der Waals surface area (Å²) in [5, 5.41) is 0. The van der Waals surface area contributed by atoms with Crippen LogP contribution in [-0.2, 0) is 4.79 Å². The molecular weight excluding hydrogens is 294 g/mol. The smallest absolute Gasteiger partial charge is 0.222 e. The lowest BCUT2D eigenvalue weighted by atomic mass is 10.1. The maximum absolute atomic E-state index is 11.9. The van der Waals surface area contributed by atoms with Crippen LogP contribution in [0.3, 0.4) is 0 Å². The molecule has 0 aromatic carbocycles. The molecule has 0 atom stereocenters. The number of rotatable bonds is 14. The fraction of sp³-hybridized carbons (Fsp3) is 0.773. The Labute approximate surface area is 150 Å². The summed E-state index contributed by atoms with van der Waals surface area (Å²) in [6.45, 7) is 4.25. The van der Waals surface area contributed by atoms with E-state index < -0.39 is 0 Å². The van der Waals surface area contributed by atoms with Gasteiger partial charge in [0.25, 0.3) is 0 Å². The lowest BCUT2D eigenvalue weighted by molar-refractivity contribution is -0.130. The van der Waals surface area contributed by atoms with E-state index in [0.717, 1.165) is 45.2 Å². The van der Waals surface area contributed by atoms with Crippen molar-refractivity contribution in [2.24, 2.45) is 0 Å². The molecule has 0 radical (unpaired) electrons. The fourth-order valence-corrected chi connectivity index (χ4v) is 3.21. The molecule has 0 N–H and O–H groups in total. The number of nitrogens with zero attached hydrogens (tertiary/aromatic N) is 1. The van der Waals surface area contributed by atoms with E-state index in [4.69, 9.17) is 0 Å². The van der Waals surface area contributed by atoms with Crippen molar-refractivity contribution in [1.82, 2.24) is 4.90 Å². The summed E-state index contributed by atoms with van der Waals surface area (Å²) in [6.07, 6.45) is 26.1. The van der Waals surface area contributed by atoms with Crippen molar-refractivity contribution in [1.29, 1.82) is 0 Å². The van der Waals surface area contributed by atoms with Crippen LogP contribution in [0.2, 0.25) is 0 Å². The van der Waals surface area contributed by atoms with Crippen molar-refractivity contribution in [3.05, 3.63) is 24.3 Å². The highest BCUT2D eigenvalue weighted by Crippen LogP contribution is 2.11. The maximum atomic E-state index is 11.9. The molecule has 2 nitrogen and oxygen atoms in total. The first-order valence-electron chi connectivity index (χ1n) is 10.4. The Kier molecular flexibility index (Phi) is 13.5. The van der Waals surface area contributed by atoms with E-state index in [1.54, 1.807) is 0 Å². The topological polar surface area (TPSA) is 20.3 Å². The minimum Gasteiger partial charge on any atom is -0.343 e. The van der Waals surface area contributed by atoms with Crippen LogP contribution in [0.4, 0.5) is 0 Å². The number of hydrogen-bond donors (Lipinski definition) is 0. The first kappa shape index (κ1) is 21.0. The van der Waals surface area contributed by atoms with Gasteiger partial charge in [0, 0.05) is 19.5 Å². The van der Waals surface area contributed by atoms with Crippen molar-refractivity contribution >= 4 is 5.91 Å². The van der Waals surface area contributed by atoms with E-state index in [2.05, 4.69) is 31.2 Å². The summed E-state index contributed by atoms with van der Waals surface area (Å²) in [6, 6.07) is 0. The lowest BCUT2D eigenvalue weighted by Crippen LogP contribution is -2.27.